The molecule has 0 aliphatic carbocycles. The van der Waals surface area contributed by atoms with E-state index in [0.717, 1.165) is 25.3 Å². The lowest BCUT2D eigenvalue weighted by atomic mass is 10.3. The number of hydrogen-bond acceptors (Lipinski definition) is 2. The van der Waals surface area contributed by atoms with Crippen molar-refractivity contribution in [2.45, 2.75) is 13.3 Å². The lowest BCUT2D eigenvalue weighted by Gasteiger charge is -2.15. The Balaban J connectivity index is 2.52. The van der Waals surface area contributed by atoms with Crippen LogP contribution in [-0.4, -0.2) is 18.1 Å². The molecule has 1 fully saturated rings. The van der Waals surface area contributed by atoms with Crippen LogP contribution in [0.1, 0.15) is 13.3 Å². The molecular formula is C10H15NO. The summed E-state index contributed by atoms with van der Waals surface area (Å²) in [5.41, 5.74) is 0.958. The molecular weight excluding hydrogens is 150 g/mol. The monoisotopic (exact) mass is 165 g/mol. The third-order valence-corrected chi connectivity index (χ3v) is 1.78. The van der Waals surface area contributed by atoms with Gasteiger partial charge in [-0.3, -0.25) is 0 Å². The fourth-order valence-electron chi connectivity index (χ4n) is 1.11. The summed E-state index contributed by atoms with van der Waals surface area (Å²) in [7, 11) is 0. The Bertz CT molecular complexity index is 218. The molecule has 1 heterocycles. The van der Waals surface area contributed by atoms with Crippen LogP contribution in [-0.2, 0) is 4.74 Å². The summed E-state index contributed by atoms with van der Waals surface area (Å²) >= 11 is 0. The van der Waals surface area contributed by atoms with Crippen molar-refractivity contribution in [3.05, 3.63) is 36.9 Å². The Kier molecular flexibility index (Phi) is 2.97. The number of nitrogens with zero attached hydrogens (tertiary/aromatic N) is 1. The molecule has 0 bridgehead atoms. The molecule has 0 aromatic heterocycles. The molecule has 12 heavy (non-hydrogen) atoms. The summed E-state index contributed by atoms with van der Waals surface area (Å²) in [6, 6.07) is 0. The minimum Gasteiger partial charge on any atom is -0.477 e. The normalized spacial score (nSPS) is 17.1. The number of hydrogen-bond donors (Lipinski definition) is 0. The van der Waals surface area contributed by atoms with E-state index < -0.39 is 0 Å². The van der Waals surface area contributed by atoms with E-state index in [1.165, 1.54) is 0 Å². The van der Waals surface area contributed by atoms with Gasteiger partial charge in [0.2, 0.25) is 0 Å². The van der Waals surface area contributed by atoms with E-state index in [1.54, 1.807) is 0 Å². The fraction of sp³-hybridized carbons (Fsp3) is 0.400. The molecule has 0 radical (unpaired) electrons. The standard InChI is InChI=1S/C10H15NO/c1-4-5-6-9(2)11-7-8-12-10(11)3/h5-6H,2-4,7-8H2,1H3/b6-5+. The van der Waals surface area contributed by atoms with Crippen molar-refractivity contribution >= 4 is 0 Å². The zero-order valence-corrected chi connectivity index (χ0v) is 7.55. The molecule has 1 saturated heterocycles. The van der Waals surface area contributed by atoms with Crippen molar-refractivity contribution in [3.8, 4) is 0 Å². The highest BCUT2D eigenvalue weighted by Crippen LogP contribution is 2.17. The average molecular weight is 165 g/mol. The van der Waals surface area contributed by atoms with Gasteiger partial charge in [0.15, 0.2) is 5.88 Å². The van der Waals surface area contributed by atoms with Gasteiger partial charge in [0, 0.05) is 5.70 Å². The molecule has 0 saturated carbocycles. The van der Waals surface area contributed by atoms with Crippen LogP contribution in [0.3, 0.4) is 0 Å². The topological polar surface area (TPSA) is 12.5 Å². The van der Waals surface area contributed by atoms with Gasteiger partial charge in [0.25, 0.3) is 0 Å². The average Bonchev–Trinajstić information content (AvgIpc) is 2.47. The second-order valence-electron chi connectivity index (χ2n) is 2.70. The molecule has 66 valence electrons. The van der Waals surface area contributed by atoms with E-state index >= 15 is 0 Å². The van der Waals surface area contributed by atoms with Crippen LogP contribution in [0.25, 0.3) is 0 Å². The second-order valence-corrected chi connectivity index (χ2v) is 2.70. The maximum absolute atomic E-state index is 5.20. The Morgan fingerprint density at radius 2 is 2.50 bits per heavy atom. The Labute approximate surface area is 73.8 Å². The van der Waals surface area contributed by atoms with Gasteiger partial charge < -0.3 is 9.64 Å². The van der Waals surface area contributed by atoms with Gasteiger partial charge in [-0.05, 0) is 19.1 Å². The van der Waals surface area contributed by atoms with Crippen LogP contribution >= 0.6 is 0 Å². The summed E-state index contributed by atoms with van der Waals surface area (Å²) in [5, 5.41) is 0. The lowest BCUT2D eigenvalue weighted by Crippen LogP contribution is -2.14. The van der Waals surface area contributed by atoms with Gasteiger partial charge in [-0.2, -0.15) is 0 Å². The molecule has 1 aliphatic rings. The van der Waals surface area contributed by atoms with E-state index in [9.17, 15) is 0 Å². The van der Waals surface area contributed by atoms with Crippen molar-refractivity contribution in [1.82, 2.24) is 4.90 Å². The second kappa shape index (κ2) is 4.00. The Morgan fingerprint density at radius 1 is 1.75 bits per heavy atom. The highest BCUT2D eigenvalue weighted by molar-refractivity contribution is 5.18. The lowest BCUT2D eigenvalue weighted by molar-refractivity contribution is 0.249. The molecule has 0 spiro atoms. The largest absolute Gasteiger partial charge is 0.477 e. The van der Waals surface area contributed by atoms with Gasteiger partial charge in [0.1, 0.15) is 6.61 Å². The zero-order chi connectivity index (χ0) is 8.97. The highest BCUT2D eigenvalue weighted by Gasteiger charge is 2.16. The van der Waals surface area contributed by atoms with E-state index in [-0.39, 0.29) is 0 Å². The van der Waals surface area contributed by atoms with Crippen LogP contribution in [0.15, 0.2) is 36.9 Å². The molecule has 2 heteroatoms. The SMILES string of the molecule is C=C(/C=C/CC)N1CCOC1=C. The molecule has 2 nitrogen and oxygen atoms in total. The molecule has 0 amide bonds. The summed E-state index contributed by atoms with van der Waals surface area (Å²) < 4.78 is 5.20. The van der Waals surface area contributed by atoms with Crippen LogP contribution in [0, 0.1) is 0 Å². The molecule has 1 rings (SSSR count). The maximum Gasteiger partial charge on any atom is 0.186 e. The first-order chi connectivity index (χ1) is 5.75. The number of allylic oxidation sites excluding steroid dienone is 2. The zero-order valence-electron chi connectivity index (χ0n) is 7.55. The summed E-state index contributed by atoms with van der Waals surface area (Å²) in [5.74, 6) is 0.709. The van der Waals surface area contributed by atoms with E-state index in [2.05, 4.69) is 26.2 Å². The van der Waals surface area contributed by atoms with Gasteiger partial charge >= 0.3 is 0 Å². The number of ether oxygens (including phenoxy) is 1. The van der Waals surface area contributed by atoms with Crippen molar-refractivity contribution in [1.29, 1.82) is 0 Å². The van der Waals surface area contributed by atoms with Gasteiger partial charge in [0.05, 0.1) is 6.54 Å². The Morgan fingerprint density at radius 3 is 3.00 bits per heavy atom. The van der Waals surface area contributed by atoms with Crippen LogP contribution in [0.2, 0.25) is 0 Å². The van der Waals surface area contributed by atoms with Crippen molar-refractivity contribution in [2.24, 2.45) is 0 Å². The Hall–Kier alpha value is -1.18. The molecule has 0 unspecified atom stereocenters. The van der Waals surface area contributed by atoms with E-state index in [4.69, 9.17) is 4.74 Å². The van der Waals surface area contributed by atoms with Crippen molar-refractivity contribution in [2.75, 3.05) is 13.2 Å². The van der Waals surface area contributed by atoms with Crippen LogP contribution < -0.4 is 0 Å². The first kappa shape index (κ1) is 8.91. The smallest absolute Gasteiger partial charge is 0.186 e. The summed E-state index contributed by atoms with van der Waals surface area (Å²) in [4.78, 5) is 1.98. The first-order valence-electron chi connectivity index (χ1n) is 4.20. The first-order valence-corrected chi connectivity index (χ1v) is 4.20. The summed E-state index contributed by atoms with van der Waals surface area (Å²) in [6.07, 6.45) is 5.11. The van der Waals surface area contributed by atoms with Gasteiger partial charge in [-0.25, -0.2) is 0 Å². The minimum atomic E-state index is 0.709. The van der Waals surface area contributed by atoms with E-state index in [0.29, 0.717) is 5.88 Å². The molecule has 0 atom stereocenters. The molecule has 0 aromatic carbocycles. The molecule has 1 aliphatic heterocycles. The van der Waals surface area contributed by atoms with Gasteiger partial charge in [-0.1, -0.05) is 19.6 Å². The van der Waals surface area contributed by atoms with E-state index in [1.807, 2.05) is 11.0 Å². The predicted molar refractivity (Wildman–Crippen MR) is 50.4 cm³/mol. The fourth-order valence-corrected chi connectivity index (χ4v) is 1.11. The van der Waals surface area contributed by atoms with Gasteiger partial charge in [-0.15, -0.1) is 0 Å². The van der Waals surface area contributed by atoms with Crippen molar-refractivity contribution in [3.63, 3.8) is 0 Å². The quantitative estimate of drug-likeness (QED) is 0.595. The third-order valence-electron chi connectivity index (χ3n) is 1.78. The minimum absolute atomic E-state index is 0.709. The van der Waals surface area contributed by atoms with Crippen LogP contribution in [0.5, 0.6) is 0 Å². The van der Waals surface area contributed by atoms with Crippen molar-refractivity contribution < 1.29 is 4.74 Å². The van der Waals surface area contributed by atoms with Crippen LogP contribution in [0.4, 0.5) is 0 Å². The highest BCUT2D eigenvalue weighted by atomic mass is 16.5. The predicted octanol–water partition coefficient (Wildman–Crippen LogP) is 2.27. The third kappa shape index (κ3) is 1.91. The molecule has 0 N–H and O–H groups in total. The number of rotatable bonds is 3. The summed E-state index contributed by atoms with van der Waals surface area (Å²) in [6.45, 7) is 11.4. The molecule has 0 aromatic rings. The maximum atomic E-state index is 5.20.